The van der Waals surface area contributed by atoms with E-state index >= 15 is 0 Å². The number of rotatable bonds is 5. The molecule has 0 saturated carbocycles. The SMILES string of the molecule is C=P(C)(O)CC[C@H]1OC(n2cnc3c(=O)[nH]c(C)nc32)[C@H](OC)[C@@H]1O. The van der Waals surface area contributed by atoms with Gasteiger partial charge in [-0.05, 0) is 33.3 Å². The number of aromatic nitrogens is 4. The highest BCUT2D eigenvalue weighted by molar-refractivity contribution is 7.67. The highest BCUT2D eigenvalue weighted by atomic mass is 31.2. The van der Waals surface area contributed by atoms with Crippen molar-refractivity contribution in [2.45, 2.75) is 37.9 Å². The minimum atomic E-state index is -2.21. The van der Waals surface area contributed by atoms with Crippen LogP contribution in [0.15, 0.2) is 11.1 Å². The molecule has 5 atom stereocenters. The molecule has 1 saturated heterocycles. The average molecular weight is 370 g/mol. The maximum atomic E-state index is 12.0. The van der Waals surface area contributed by atoms with Gasteiger partial charge in [-0.1, -0.05) is 6.30 Å². The van der Waals surface area contributed by atoms with Crippen molar-refractivity contribution in [2.24, 2.45) is 0 Å². The second-order valence-corrected chi connectivity index (χ2v) is 9.71. The summed E-state index contributed by atoms with van der Waals surface area (Å²) in [6, 6.07) is 0. The zero-order chi connectivity index (χ0) is 18.4. The van der Waals surface area contributed by atoms with Crippen LogP contribution < -0.4 is 5.56 Å². The maximum absolute atomic E-state index is 12.0. The Hall–Kier alpha value is -1.51. The van der Waals surface area contributed by atoms with Crippen molar-refractivity contribution in [3.8, 4) is 0 Å². The van der Waals surface area contributed by atoms with Crippen molar-refractivity contribution in [1.29, 1.82) is 0 Å². The number of fused-ring (bicyclic) bond motifs is 1. The largest absolute Gasteiger partial charge is 0.388 e. The molecule has 0 bridgehead atoms. The van der Waals surface area contributed by atoms with Crippen molar-refractivity contribution in [3.05, 3.63) is 22.5 Å². The van der Waals surface area contributed by atoms with Gasteiger partial charge >= 0.3 is 0 Å². The first-order valence-electron chi connectivity index (χ1n) is 7.93. The molecule has 1 fully saturated rings. The lowest BCUT2D eigenvalue weighted by Crippen LogP contribution is -2.33. The zero-order valence-corrected chi connectivity index (χ0v) is 15.3. The molecular weight excluding hydrogens is 347 g/mol. The van der Waals surface area contributed by atoms with Gasteiger partial charge in [0.05, 0.1) is 12.4 Å². The van der Waals surface area contributed by atoms with Gasteiger partial charge in [-0.3, -0.25) is 9.36 Å². The third-order valence-electron chi connectivity index (χ3n) is 4.31. The van der Waals surface area contributed by atoms with Crippen LogP contribution in [0.3, 0.4) is 0 Å². The summed E-state index contributed by atoms with van der Waals surface area (Å²) in [5.74, 6) is 0.459. The average Bonchev–Trinajstić information content (AvgIpc) is 3.05. The molecule has 0 amide bonds. The number of ether oxygens (including phenoxy) is 2. The van der Waals surface area contributed by atoms with Crippen LogP contribution >= 0.6 is 7.11 Å². The molecule has 0 aromatic carbocycles. The molecule has 0 radical (unpaired) electrons. The molecule has 9 nitrogen and oxygen atoms in total. The number of nitrogens with one attached hydrogen (secondary N) is 1. The number of aliphatic hydroxyl groups is 1. The summed E-state index contributed by atoms with van der Waals surface area (Å²) in [5, 5.41) is 10.5. The Morgan fingerprint density at radius 1 is 1.56 bits per heavy atom. The lowest BCUT2D eigenvalue weighted by molar-refractivity contribution is -0.0496. The van der Waals surface area contributed by atoms with Crippen molar-refractivity contribution >= 4 is 24.6 Å². The Morgan fingerprint density at radius 2 is 2.28 bits per heavy atom. The Bertz CT molecular complexity index is 872. The predicted molar refractivity (Wildman–Crippen MR) is 95.3 cm³/mol. The number of hydrogen-bond acceptors (Lipinski definition) is 7. The molecule has 1 aliphatic rings. The Balaban J connectivity index is 1.94. The number of aryl methyl sites for hydroxylation is 1. The number of aromatic amines is 1. The molecular formula is C15H23N4O5P. The zero-order valence-electron chi connectivity index (χ0n) is 14.4. The molecule has 3 heterocycles. The molecule has 2 aromatic rings. The van der Waals surface area contributed by atoms with Crippen molar-refractivity contribution in [3.63, 3.8) is 0 Å². The number of imidazole rings is 1. The summed E-state index contributed by atoms with van der Waals surface area (Å²) in [4.78, 5) is 32.9. The van der Waals surface area contributed by atoms with E-state index < -0.39 is 31.7 Å². The van der Waals surface area contributed by atoms with Gasteiger partial charge in [-0.2, -0.15) is 0 Å². The van der Waals surface area contributed by atoms with E-state index in [9.17, 15) is 14.8 Å². The molecule has 2 aromatic heterocycles. The van der Waals surface area contributed by atoms with Gasteiger partial charge in [-0.25, -0.2) is 9.97 Å². The predicted octanol–water partition coefficient (Wildman–Crippen LogP) is 0.0781. The molecule has 25 heavy (non-hydrogen) atoms. The molecule has 1 aliphatic heterocycles. The van der Waals surface area contributed by atoms with Gasteiger partial charge in [-0.15, -0.1) is 0 Å². The first kappa shape index (κ1) is 18.3. The summed E-state index contributed by atoms with van der Waals surface area (Å²) in [6.07, 6.45) is 3.46. The maximum Gasteiger partial charge on any atom is 0.279 e. The van der Waals surface area contributed by atoms with Crippen LogP contribution in [0.25, 0.3) is 11.2 Å². The summed E-state index contributed by atoms with van der Waals surface area (Å²) in [7, 11) is -0.726. The summed E-state index contributed by atoms with van der Waals surface area (Å²) >= 11 is 0. The van der Waals surface area contributed by atoms with Crippen LogP contribution in [0.1, 0.15) is 18.5 Å². The quantitative estimate of drug-likeness (QED) is 0.637. The Kier molecular flexibility index (Phi) is 4.87. The van der Waals surface area contributed by atoms with Crippen LogP contribution in [0.4, 0.5) is 0 Å². The summed E-state index contributed by atoms with van der Waals surface area (Å²) in [5.41, 5.74) is 0.245. The molecule has 3 N–H and O–H groups in total. The Morgan fingerprint density at radius 3 is 2.92 bits per heavy atom. The molecule has 10 heteroatoms. The van der Waals surface area contributed by atoms with Crippen molar-refractivity contribution in [2.75, 3.05) is 19.9 Å². The molecule has 2 unspecified atom stereocenters. The van der Waals surface area contributed by atoms with Crippen LogP contribution in [0, 0.1) is 6.92 Å². The van der Waals surface area contributed by atoms with Gasteiger partial charge in [0, 0.05) is 7.11 Å². The number of methoxy groups -OCH3 is 1. The van der Waals surface area contributed by atoms with Crippen molar-refractivity contribution in [1.82, 2.24) is 19.5 Å². The van der Waals surface area contributed by atoms with E-state index in [1.54, 1.807) is 18.2 Å². The number of hydrogen-bond donors (Lipinski definition) is 3. The molecule has 138 valence electrons. The molecule has 3 rings (SSSR count). The minimum absolute atomic E-state index is 0.202. The second kappa shape index (κ2) is 6.66. The number of nitrogens with zero attached hydrogens (tertiary/aromatic N) is 3. The minimum Gasteiger partial charge on any atom is -0.388 e. The summed E-state index contributed by atoms with van der Waals surface area (Å²) < 4.78 is 13.0. The first-order valence-corrected chi connectivity index (χ1v) is 10.5. The van der Waals surface area contributed by atoms with Gasteiger partial charge in [0.25, 0.3) is 5.56 Å². The topological polar surface area (TPSA) is 122 Å². The van der Waals surface area contributed by atoms with Crippen LogP contribution in [0.2, 0.25) is 0 Å². The third-order valence-corrected chi connectivity index (χ3v) is 5.53. The van der Waals surface area contributed by atoms with E-state index in [-0.39, 0.29) is 11.1 Å². The molecule has 0 aliphatic carbocycles. The Labute approximate surface area is 144 Å². The fourth-order valence-corrected chi connectivity index (χ4v) is 3.87. The smallest absolute Gasteiger partial charge is 0.279 e. The highest BCUT2D eigenvalue weighted by Gasteiger charge is 2.45. The fourth-order valence-electron chi connectivity index (χ4n) is 3.06. The third kappa shape index (κ3) is 3.56. The van der Waals surface area contributed by atoms with Crippen LogP contribution in [-0.4, -0.2) is 74.1 Å². The van der Waals surface area contributed by atoms with Gasteiger partial charge in [0.2, 0.25) is 0 Å². The standard InChI is InChI=1S/C15H23N4O5P/c1-8-17-13-10(14(21)18-8)16-7-19(13)15-12(23-2)11(20)9(24-15)5-6-25(3,4)22/h7,9,11-12,15,20,22H,3,5-6H2,1-2,4H3,(H,17,18,21)/t9-,11-,12-,15?,25?/m1/s1. The normalized spacial score (nSPS) is 29.2. The number of H-pyrrole nitrogens is 1. The lowest BCUT2D eigenvalue weighted by Gasteiger charge is -2.19. The van der Waals surface area contributed by atoms with Gasteiger partial charge < -0.3 is 24.5 Å². The monoisotopic (exact) mass is 370 g/mol. The van der Waals surface area contributed by atoms with E-state index in [0.717, 1.165) is 0 Å². The summed E-state index contributed by atoms with van der Waals surface area (Å²) in [6.45, 7) is 3.39. The van der Waals surface area contributed by atoms with Gasteiger partial charge in [0.1, 0.15) is 18.0 Å². The van der Waals surface area contributed by atoms with Gasteiger partial charge in [0.15, 0.2) is 17.4 Å². The van der Waals surface area contributed by atoms with Crippen LogP contribution in [-0.2, 0) is 9.47 Å². The van der Waals surface area contributed by atoms with E-state index in [0.29, 0.717) is 24.1 Å². The van der Waals surface area contributed by atoms with E-state index in [1.807, 2.05) is 0 Å². The molecule has 0 spiro atoms. The van der Waals surface area contributed by atoms with E-state index in [2.05, 4.69) is 21.3 Å². The highest BCUT2D eigenvalue weighted by Crippen LogP contribution is 2.40. The van der Waals surface area contributed by atoms with Crippen LogP contribution in [0.5, 0.6) is 0 Å². The first-order chi connectivity index (χ1) is 11.7. The van der Waals surface area contributed by atoms with Crippen molar-refractivity contribution < 1.29 is 19.5 Å². The number of aliphatic hydroxyl groups excluding tert-OH is 1. The van der Waals surface area contributed by atoms with E-state index in [1.165, 1.54) is 13.4 Å². The second-order valence-electron chi connectivity index (χ2n) is 6.58. The fraction of sp³-hybridized carbons (Fsp3) is 0.600. The van der Waals surface area contributed by atoms with E-state index in [4.69, 9.17) is 9.47 Å². The lowest BCUT2D eigenvalue weighted by atomic mass is 10.1.